The minimum atomic E-state index is -0.684. The van der Waals surface area contributed by atoms with Crippen molar-refractivity contribution in [1.29, 1.82) is 0 Å². The van der Waals surface area contributed by atoms with Crippen LogP contribution in [0.3, 0.4) is 0 Å². The molecular weight excluding hydrogens is 191 g/mol. The molecule has 3 heteroatoms. The quantitative estimate of drug-likeness (QED) is 0.530. The molecule has 1 unspecified atom stereocenters. The maximum absolute atomic E-state index is 13.3. The molecule has 0 aliphatic carbocycles. The summed E-state index contributed by atoms with van der Waals surface area (Å²) < 4.78 is 13.3. The number of benzene rings is 1. The van der Waals surface area contributed by atoms with Gasteiger partial charge in [0.05, 0.1) is 10.9 Å². The van der Waals surface area contributed by atoms with Crippen LogP contribution < -0.4 is 0 Å². The summed E-state index contributed by atoms with van der Waals surface area (Å²) >= 11 is 5.57. The highest BCUT2D eigenvalue weighted by Crippen LogP contribution is 2.15. The fraction of sp³-hybridized carbons (Fsp3) is 0.300. The van der Waals surface area contributed by atoms with Crippen LogP contribution in [0.15, 0.2) is 18.2 Å². The van der Waals surface area contributed by atoms with Gasteiger partial charge in [-0.15, -0.1) is 11.6 Å². The molecule has 13 heavy (non-hydrogen) atoms. The molecule has 0 bridgehead atoms. The number of aryl methyl sites for hydroxylation is 1. The summed E-state index contributed by atoms with van der Waals surface area (Å²) in [4.78, 5) is 11.3. The Morgan fingerprint density at radius 1 is 1.54 bits per heavy atom. The Hall–Kier alpha value is -0.890. The van der Waals surface area contributed by atoms with Crippen molar-refractivity contribution in [3.05, 3.63) is 35.1 Å². The molecule has 70 valence electrons. The van der Waals surface area contributed by atoms with Crippen molar-refractivity contribution in [1.82, 2.24) is 0 Å². The van der Waals surface area contributed by atoms with E-state index in [0.717, 1.165) is 0 Å². The molecule has 0 spiro atoms. The summed E-state index contributed by atoms with van der Waals surface area (Å²) in [7, 11) is 0. The standard InChI is InChI=1S/C10H10ClFO/c1-6-4-3-5-8(9(6)12)10(13)7(2)11/h3-5,7H,1-2H3. The van der Waals surface area contributed by atoms with Gasteiger partial charge in [-0.1, -0.05) is 12.1 Å². The number of Topliss-reactive ketones (excluding diaryl/α,β-unsaturated/α-hetero) is 1. The summed E-state index contributed by atoms with van der Waals surface area (Å²) in [5.74, 6) is -0.845. The van der Waals surface area contributed by atoms with E-state index in [2.05, 4.69) is 0 Å². The number of rotatable bonds is 2. The molecule has 0 aromatic heterocycles. The molecule has 1 nitrogen and oxygen atoms in total. The molecule has 0 saturated heterocycles. The monoisotopic (exact) mass is 200 g/mol. The van der Waals surface area contributed by atoms with E-state index in [1.165, 1.54) is 13.0 Å². The van der Waals surface area contributed by atoms with Crippen molar-refractivity contribution >= 4 is 17.4 Å². The smallest absolute Gasteiger partial charge is 0.183 e. The Morgan fingerprint density at radius 3 is 2.69 bits per heavy atom. The summed E-state index contributed by atoms with van der Waals surface area (Å²) in [5, 5.41) is -0.684. The Morgan fingerprint density at radius 2 is 2.15 bits per heavy atom. The van der Waals surface area contributed by atoms with Gasteiger partial charge in [0, 0.05) is 0 Å². The number of alkyl halides is 1. The number of halogens is 2. The lowest BCUT2D eigenvalue weighted by Crippen LogP contribution is -2.12. The fourth-order valence-electron chi connectivity index (χ4n) is 1.05. The molecule has 0 saturated carbocycles. The van der Waals surface area contributed by atoms with Gasteiger partial charge in [-0.05, 0) is 25.5 Å². The maximum Gasteiger partial charge on any atom is 0.183 e. The van der Waals surface area contributed by atoms with Crippen LogP contribution in [0.5, 0.6) is 0 Å². The molecular formula is C10H10ClFO. The fourth-order valence-corrected chi connectivity index (χ4v) is 1.17. The molecule has 0 amide bonds. The van der Waals surface area contributed by atoms with E-state index in [9.17, 15) is 9.18 Å². The topological polar surface area (TPSA) is 17.1 Å². The van der Waals surface area contributed by atoms with E-state index in [1.807, 2.05) is 0 Å². The molecule has 0 aliphatic heterocycles. The number of hydrogen-bond donors (Lipinski definition) is 0. The molecule has 0 radical (unpaired) electrons. The minimum absolute atomic E-state index is 0.0718. The van der Waals surface area contributed by atoms with Crippen LogP contribution in [-0.2, 0) is 0 Å². The van der Waals surface area contributed by atoms with E-state index in [4.69, 9.17) is 11.6 Å². The van der Waals surface area contributed by atoms with Crippen LogP contribution in [0.1, 0.15) is 22.8 Å². The molecule has 1 aromatic carbocycles. The molecule has 1 rings (SSSR count). The summed E-state index contributed by atoms with van der Waals surface area (Å²) in [6.45, 7) is 3.15. The third-order valence-electron chi connectivity index (χ3n) is 1.82. The average Bonchev–Trinajstić information content (AvgIpc) is 2.08. The number of hydrogen-bond acceptors (Lipinski definition) is 1. The Balaban J connectivity index is 3.15. The largest absolute Gasteiger partial charge is 0.292 e. The van der Waals surface area contributed by atoms with Gasteiger partial charge in [-0.2, -0.15) is 0 Å². The molecule has 1 aromatic rings. The third-order valence-corrected chi connectivity index (χ3v) is 2.02. The van der Waals surface area contributed by atoms with E-state index in [0.29, 0.717) is 5.56 Å². The molecule has 0 fully saturated rings. The number of ketones is 1. The first-order valence-electron chi connectivity index (χ1n) is 3.97. The first-order valence-corrected chi connectivity index (χ1v) is 4.41. The first kappa shape index (κ1) is 10.2. The zero-order valence-electron chi connectivity index (χ0n) is 7.47. The van der Waals surface area contributed by atoms with E-state index >= 15 is 0 Å². The Bertz CT molecular complexity index is 334. The van der Waals surface area contributed by atoms with E-state index < -0.39 is 11.2 Å². The van der Waals surface area contributed by atoms with Crippen molar-refractivity contribution in [2.24, 2.45) is 0 Å². The molecule has 0 heterocycles. The lowest BCUT2D eigenvalue weighted by molar-refractivity contribution is 0.0987. The van der Waals surface area contributed by atoms with Gasteiger partial charge in [0.2, 0.25) is 0 Å². The first-order chi connectivity index (χ1) is 6.04. The van der Waals surface area contributed by atoms with Crippen LogP contribution in [-0.4, -0.2) is 11.2 Å². The highest BCUT2D eigenvalue weighted by Gasteiger charge is 2.17. The van der Waals surface area contributed by atoms with Gasteiger partial charge >= 0.3 is 0 Å². The highest BCUT2D eigenvalue weighted by atomic mass is 35.5. The minimum Gasteiger partial charge on any atom is -0.292 e. The molecule has 0 aliphatic rings. The molecule has 1 atom stereocenters. The van der Waals surface area contributed by atoms with Crippen molar-refractivity contribution < 1.29 is 9.18 Å². The van der Waals surface area contributed by atoms with E-state index in [-0.39, 0.29) is 11.3 Å². The number of carbonyl (C=O) groups is 1. The maximum atomic E-state index is 13.3. The second kappa shape index (κ2) is 3.88. The van der Waals surface area contributed by atoms with Crippen LogP contribution in [0, 0.1) is 12.7 Å². The lowest BCUT2D eigenvalue weighted by Gasteiger charge is -2.05. The van der Waals surface area contributed by atoms with Crippen LogP contribution in [0.4, 0.5) is 4.39 Å². The average molecular weight is 201 g/mol. The van der Waals surface area contributed by atoms with Gasteiger partial charge in [0.1, 0.15) is 5.82 Å². The summed E-state index contributed by atoms with van der Waals surface area (Å²) in [5.41, 5.74) is 0.533. The third kappa shape index (κ3) is 2.07. The predicted octanol–water partition coefficient (Wildman–Crippen LogP) is 2.94. The second-order valence-corrected chi connectivity index (χ2v) is 3.57. The highest BCUT2D eigenvalue weighted by molar-refractivity contribution is 6.33. The predicted molar refractivity (Wildman–Crippen MR) is 50.8 cm³/mol. The SMILES string of the molecule is Cc1cccc(C(=O)C(C)Cl)c1F. The number of carbonyl (C=O) groups excluding carboxylic acids is 1. The van der Waals surface area contributed by atoms with Crippen LogP contribution in [0.2, 0.25) is 0 Å². The second-order valence-electron chi connectivity index (χ2n) is 2.92. The van der Waals surface area contributed by atoms with Gasteiger partial charge in [0.25, 0.3) is 0 Å². The Kier molecular flexibility index (Phi) is 3.04. The van der Waals surface area contributed by atoms with Crippen molar-refractivity contribution in [2.75, 3.05) is 0 Å². The zero-order valence-corrected chi connectivity index (χ0v) is 8.23. The van der Waals surface area contributed by atoms with Gasteiger partial charge in [0.15, 0.2) is 5.78 Å². The summed E-state index contributed by atoms with van der Waals surface area (Å²) in [6, 6.07) is 4.71. The summed E-state index contributed by atoms with van der Waals surface area (Å²) in [6.07, 6.45) is 0. The van der Waals surface area contributed by atoms with Crippen molar-refractivity contribution in [2.45, 2.75) is 19.2 Å². The van der Waals surface area contributed by atoms with E-state index in [1.54, 1.807) is 19.1 Å². The molecule has 0 N–H and O–H groups in total. The Labute approximate surface area is 81.5 Å². The van der Waals surface area contributed by atoms with Gasteiger partial charge < -0.3 is 0 Å². The normalized spacial score (nSPS) is 12.6. The van der Waals surface area contributed by atoms with Crippen molar-refractivity contribution in [3.63, 3.8) is 0 Å². The zero-order chi connectivity index (χ0) is 10.0. The van der Waals surface area contributed by atoms with Crippen LogP contribution >= 0.6 is 11.6 Å². The van der Waals surface area contributed by atoms with Gasteiger partial charge in [-0.25, -0.2) is 4.39 Å². The van der Waals surface area contributed by atoms with Crippen molar-refractivity contribution in [3.8, 4) is 0 Å². The van der Waals surface area contributed by atoms with Crippen LogP contribution in [0.25, 0.3) is 0 Å². The van der Waals surface area contributed by atoms with Gasteiger partial charge in [-0.3, -0.25) is 4.79 Å². The lowest BCUT2D eigenvalue weighted by atomic mass is 10.1.